The molecule has 8 heteroatoms. The molecule has 0 spiro atoms. The van der Waals surface area contributed by atoms with Crippen LogP contribution < -0.4 is 10.2 Å². The number of piperidine rings is 1. The average Bonchev–Trinajstić information content (AvgIpc) is 3.46. The van der Waals surface area contributed by atoms with Gasteiger partial charge in [0.15, 0.2) is 23.1 Å². The molecule has 168 valence electrons. The number of oxazole rings is 1. The summed E-state index contributed by atoms with van der Waals surface area (Å²) in [5.74, 6) is -0.615. The molecular weight excluding hydrogens is 414 g/mol. The molecule has 0 bridgehead atoms. The summed E-state index contributed by atoms with van der Waals surface area (Å²) >= 11 is 0. The lowest BCUT2D eigenvalue weighted by Crippen LogP contribution is -2.46. The maximum atomic E-state index is 13.5. The van der Waals surface area contributed by atoms with E-state index in [1.54, 1.807) is 6.07 Å². The number of hydrogen-bond acceptors (Lipinski definition) is 4. The van der Waals surface area contributed by atoms with Crippen LogP contribution in [0.1, 0.15) is 31.1 Å². The monoisotopic (exact) mass is 440 g/mol. The fraction of sp³-hybridized carbons (Fsp3) is 0.417. The molecule has 0 saturated carbocycles. The van der Waals surface area contributed by atoms with Crippen molar-refractivity contribution >= 4 is 22.8 Å². The molecule has 6 nitrogen and oxygen atoms in total. The fourth-order valence-corrected chi connectivity index (χ4v) is 4.69. The SMILES string of the molecule is O=C(NCC1CCN(c2ccc(F)c(F)c2)C1)N1CCCC(c2nc3ccccc3o2)C1. The van der Waals surface area contributed by atoms with Crippen LogP contribution >= 0.6 is 0 Å². The molecule has 2 aromatic carbocycles. The standard InChI is InChI=1S/C24H26F2N4O2/c25-19-8-7-18(12-20(19)26)29-11-9-16(14-29)13-27-24(31)30-10-3-4-17(15-30)23-28-21-5-1-2-6-22(21)32-23/h1-2,5-8,12,16-17H,3-4,9-11,13-15H2,(H,27,31). The van der Waals surface area contributed by atoms with E-state index in [-0.39, 0.29) is 17.9 Å². The van der Waals surface area contributed by atoms with Gasteiger partial charge in [-0.05, 0) is 49.4 Å². The Balaban J connectivity index is 1.14. The second-order valence-corrected chi connectivity index (χ2v) is 8.69. The Kier molecular flexibility index (Phi) is 5.68. The maximum absolute atomic E-state index is 13.5. The van der Waals surface area contributed by atoms with Crippen molar-refractivity contribution < 1.29 is 18.0 Å². The molecule has 3 heterocycles. The van der Waals surface area contributed by atoms with E-state index in [0.29, 0.717) is 37.8 Å². The Bertz CT molecular complexity index is 1090. The van der Waals surface area contributed by atoms with Crippen molar-refractivity contribution in [2.75, 3.05) is 37.6 Å². The van der Waals surface area contributed by atoms with Crippen LogP contribution in [0.25, 0.3) is 11.1 Å². The first-order valence-electron chi connectivity index (χ1n) is 11.1. The van der Waals surface area contributed by atoms with Gasteiger partial charge in [0, 0.05) is 44.5 Å². The highest BCUT2D eigenvalue weighted by Gasteiger charge is 2.29. The number of amides is 2. The number of hydrogen-bond donors (Lipinski definition) is 1. The van der Waals surface area contributed by atoms with Gasteiger partial charge in [0.05, 0.1) is 5.92 Å². The van der Waals surface area contributed by atoms with Crippen LogP contribution in [0, 0.1) is 17.6 Å². The topological polar surface area (TPSA) is 61.6 Å². The molecule has 5 rings (SSSR count). The Hall–Kier alpha value is -3.16. The minimum atomic E-state index is -0.838. The number of rotatable bonds is 4. The second kappa shape index (κ2) is 8.76. The van der Waals surface area contributed by atoms with E-state index in [1.807, 2.05) is 34.1 Å². The first-order valence-corrected chi connectivity index (χ1v) is 11.1. The van der Waals surface area contributed by atoms with Crippen LogP contribution in [-0.2, 0) is 0 Å². The molecule has 1 aromatic heterocycles. The fourth-order valence-electron chi connectivity index (χ4n) is 4.69. The number of nitrogens with zero attached hydrogens (tertiary/aromatic N) is 3. The summed E-state index contributed by atoms with van der Waals surface area (Å²) < 4.78 is 32.6. The predicted octanol–water partition coefficient (Wildman–Crippen LogP) is 4.52. The summed E-state index contributed by atoms with van der Waals surface area (Å²) in [6.45, 7) is 3.33. The molecule has 1 N–H and O–H groups in total. The van der Waals surface area contributed by atoms with E-state index < -0.39 is 11.6 Å². The number of fused-ring (bicyclic) bond motifs is 1. The lowest BCUT2D eigenvalue weighted by atomic mass is 9.98. The van der Waals surface area contributed by atoms with Gasteiger partial charge >= 0.3 is 6.03 Å². The molecule has 0 radical (unpaired) electrons. The maximum Gasteiger partial charge on any atom is 0.317 e. The number of likely N-dealkylation sites (tertiary alicyclic amines) is 1. The van der Waals surface area contributed by atoms with Gasteiger partial charge in [-0.3, -0.25) is 0 Å². The van der Waals surface area contributed by atoms with Crippen molar-refractivity contribution in [2.45, 2.75) is 25.2 Å². The van der Waals surface area contributed by atoms with Crippen LogP contribution in [0.5, 0.6) is 0 Å². The smallest absolute Gasteiger partial charge is 0.317 e. The number of para-hydroxylation sites is 2. The highest BCUT2D eigenvalue weighted by molar-refractivity contribution is 5.74. The summed E-state index contributed by atoms with van der Waals surface area (Å²) in [4.78, 5) is 21.3. The number of urea groups is 1. The summed E-state index contributed by atoms with van der Waals surface area (Å²) in [7, 11) is 0. The molecular formula is C24H26F2N4O2. The first kappa shape index (κ1) is 20.7. The molecule has 32 heavy (non-hydrogen) atoms. The van der Waals surface area contributed by atoms with Gasteiger partial charge in [0.2, 0.25) is 0 Å². The third kappa shape index (κ3) is 4.26. The van der Waals surface area contributed by atoms with E-state index in [9.17, 15) is 13.6 Å². The van der Waals surface area contributed by atoms with Gasteiger partial charge in [-0.2, -0.15) is 0 Å². The zero-order valence-electron chi connectivity index (χ0n) is 17.8. The number of nitrogens with one attached hydrogen (secondary N) is 1. The number of carbonyl (C=O) groups excluding carboxylic acids is 1. The van der Waals surface area contributed by atoms with Crippen LogP contribution in [0.4, 0.5) is 19.3 Å². The van der Waals surface area contributed by atoms with Crippen LogP contribution in [-0.4, -0.2) is 48.6 Å². The summed E-state index contributed by atoms with van der Waals surface area (Å²) in [5, 5.41) is 3.06. The number of carbonyl (C=O) groups is 1. The molecule has 2 amide bonds. The highest BCUT2D eigenvalue weighted by Crippen LogP contribution is 2.29. The third-order valence-corrected chi connectivity index (χ3v) is 6.46. The van der Waals surface area contributed by atoms with Crippen molar-refractivity contribution in [3.63, 3.8) is 0 Å². The van der Waals surface area contributed by atoms with Crippen molar-refractivity contribution in [2.24, 2.45) is 5.92 Å². The number of anilines is 1. The molecule has 2 unspecified atom stereocenters. The minimum absolute atomic E-state index is 0.0721. The van der Waals surface area contributed by atoms with Crippen molar-refractivity contribution in [1.29, 1.82) is 0 Å². The Morgan fingerprint density at radius 2 is 1.97 bits per heavy atom. The van der Waals surface area contributed by atoms with Crippen molar-refractivity contribution in [3.8, 4) is 0 Å². The highest BCUT2D eigenvalue weighted by atomic mass is 19.2. The quantitative estimate of drug-likeness (QED) is 0.648. The Morgan fingerprint density at radius 3 is 2.81 bits per heavy atom. The van der Waals surface area contributed by atoms with Gasteiger partial charge in [-0.1, -0.05) is 12.1 Å². The Labute approximate surface area is 185 Å². The molecule has 2 saturated heterocycles. The normalized spacial score (nSPS) is 21.3. The van der Waals surface area contributed by atoms with Crippen LogP contribution in [0.2, 0.25) is 0 Å². The molecule has 2 fully saturated rings. The van der Waals surface area contributed by atoms with E-state index in [1.165, 1.54) is 6.07 Å². The van der Waals surface area contributed by atoms with Gasteiger partial charge < -0.3 is 19.5 Å². The number of benzene rings is 2. The molecule has 2 atom stereocenters. The van der Waals surface area contributed by atoms with Crippen molar-refractivity contribution in [3.05, 3.63) is 60.0 Å². The zero-order valence-corrected chi connectivity index (χ0v) is 17.8. The van der Waals surface area contributed by atoms with Crippen LogP contribution in [0.15, 0.2) is 46.9 Å². The largest absolute Gasteiger partial charge is 0.440 e. The molecule has 0 aliphatic carbocycles. The molecule has 2 aliphatic heterocycles. The lowest BCUT2D eigenvalue weighted by molar-refractivity contribution is 0.173. The minimum Gasteiger partial charge on any atom is -0.440 e. The summed E-state index contributed by atoms with van der Waals surface area (Å²) in [6.07, 6.45) is 2.75. The third-order valence-electron chi connectivity index (χ3n) is 6.46. The van der Waals surface area contributed by atoms with Gasteiger partial charge in [-0.25, -0.2) is 18.6 Å². The predicted molar refractivity (Wildman–Crippen MR) is 118 cm³/mol. The number of aromatic nitrogens is 1. The summed E-state index contributed by atoms with van der Waals surface area (Å²) in [6, 6.07) is 11.6. The molecule has 3 aromatic rings. The van der Waals surface area contributed by atoms with E-state index >= 15 is 0 Å². The van der Waals surface area contributed by atoms with Gasteiger partial charge in [0.25, 0.3) is 0 Å². The Morgan fingerprint density at radius 1 is 1.09 bits per heavy atom. The second-order valence-electron chi connectivity index (χ2n) is 8.69. The van der Waals surface area contributed by atoms with Crippen LogP contribution in [0.3, 0.4) is 0 Å². The van der Waals surface area contributed by atoms with E-state index in [0.717, 1.165) is 43.0 Å². The zero-order chi connectivity index (χ0) is 22.1. The summed E-state index contributed by atoms with van der Waals surface area (Å²) in [5.41, 5.74) is 2.29. The number of halogens is 2. The molecule has 2 aliphatic rings. The van der Waals surface area contributed by atoms with Crippen molar-refractivity contribution in [1.82, 2.24) is 15.2 Å². The van der Waals surface area contributed by atoms with E-state index in [2.05, 4.69) is 10.3 Å². The van der Waals surface area contributed by atoms with Gasteiger partial charge in [-0.15, -0.1) is 0 Å². The first-order chi connectivity index (χ1) is 15.6. The van der Waals surface area contributed by atoms with Gasteiger partial charge in [0.1, 0.15) is 5.52 Å². The van der Waals surface area contributed by atoms with E-state index in [4.69, 9.17) is 4.42 Å². The average molecular weight is 440 g/mol. The lowest BCUT2D eigenvalue weighted by Gasteiger charge is -2.31.